The van der Waals surface area contributed by atoms with Gasteiger partial charge in [-0.2, -0.15) is 13.1 Å². The lowest BCUT2D eigenvalue weighted by Crippen LogP contribution is -2.38. The van der Waals surface area contributed by atoms with E-state index in [9.17, 15) is 18.0 Å². The monoisotopic (exact) mass is 280 g/mol. The van der Waals surface area contributed by atoms with E-state index >= 15 is 0 Å². The quantitative estimate of drug-likeness (QED) is 0.281. The molecule has 9 heteroatoms. The van der Waals surface area contributed by atoms with E-state index in [-0.39, 0.29) is 6.04 Å². The van der Waals surface area contributed by atoms with Gasteiger partial charge < -0.3 is 9.47 Å². The van der Waals surface area contributed by atoms with Crippen molar-refractivity contribution in [2.75, 3.05) is 14.2 Å². The summed E-state index contributed by atoms with van der Waals surface area (Å²) < 4.78 is 35.5. The van der Waals surface area contributed by atoms with E-state index in [1.54, 1.807) is 13.8 Å². The van der Waals surface area contributed by atoms with Gasteiger partial charge in [-0.15, -0.1) is 0 Å². The van der Waals surface area contributed by atoms with Crippen LogP contribution in [0.25, 0.3) is 0 Å². The van der Waals surface area contributed by atoms with Crippen molar-refractivity contribution in [2.45, 2.75) is 19.9 Å². The molecule has 0 aromatic rings. The van der Waals surface area contributed by atoms with Gasteiger partial charge in [-0.25, -0.2) is 9.59 Å². The summed E-state index contributed by atoms with van der Waals surface area (Å²) in [5, 5.41) is 0. The number of carbonyl (C=O) groups is 2. The Bertz CT molecular complexity index is 422. The van der Waals surface area contributed by atoms with Gasteiger partial charge in [0.15, 0.2) is 5.57 Å². The molecule has 0 saturated carbocycles. The first-order valence-corrected chi connectivity index (χ1v) is 6.38. The molecule has 2 N–H and O–H groups in total. The maximum atomic E-state index is 11.4. The zero-order valence-electron chi connectivity index (χ0n) is 10.5. The topological polar surface area (TPSA) is 111 Å². The second kappa shape index (κ2) is 6.97. The van der Waals surface area contributed by atoms with Crippen LogP contribution in [0.5, 0.6) is 0 Å². The predicted octanol–water partition coefficient (Wildman–Crippen LogP) is -0.951. The lowest BCUT2D eigenvalue weighted by molar-refractivity contribution is -0.144. The Labute approximate surface area is 106 Å². The number of carbonyl (C=O) groups excluding carboxylic acids is 2. The molecule has 0 aromatic carbocycles. The van der Waals surface area contributed by atoms with Crippen LogP contribution >= 0.6 is 0 Å². The molecule has 0 saturated heterocycles. The van der Waals surface area contributed by atoms with E-state index < -0.39 is 27.7 Å². The maximum Gasteiger partial charge on any atom is 0.346 e. The highest BCUT2D eigenvalue weighted by molar-refractivity contribution is 7.87. The average Bonchev–Trinajstić information content (AvgIpc) is 2.26. The third-order valence-electron chi connectivity index (χ3n) is 1.56. The second-order valence-electron chi connectivity index (χ2n) is 3.44. The average molecular weight is 280 g/mol. The summed E-state index contributed by atoms with van der Waals surface area (Å²) in [6, 6.07) is -0.337. The van der Waals surface area contributed by atoms with Crippen molar-refractivity contribution >= 4 is 22.1 Å². The zero-order valence-corrected chi connectivity index (χ0v) is 11.3. The molecule has 0 heterocycles. The summed E-state index contributed by atoms with van der Waals surface area (Å²) in [5.74, 6) is -2.01. The first-order valence-electron chi connectivity index (χ1n) is 4.90. The van der Waals surface area contributed by atoms with Gasteiger partial charge in [0, 0.05) is 12.2 Å². The Hall–Kier alpha value is -1.61. The molecule has 8 nitrogen and oxygen atoms in total. The Morgan fingerprint density at radius 1 is 1.11 bits per heavy atom. The fourth-order valence-electron chi connectivity index (χ4n) is 0.902. The van der Waals surface area contributed by atoms with Crippen LogP contribution in [0.4, 0.5) is 0 Å². The smallest absolute Gasteiger partial charge is 0.346 e. The fraction of sp³-hybridized carbons (Fsp3) is 0.556. The molecule has 0 radical (unpaired) electrons. The summed E-state index contributed by atoms with van der Waals surface area (Å²) in [6.07, 6.45) is 0.711. The van der Waals surface area contributed by atoms with E-state index in [2.05, 4.69) is 14.2 Å². The third kappa shape index (κ3) is 5.64. The van der Waals surface area contributed by atoms with E-state index in [0.717, 1.165) is 14.2 Å². The van der Waals surface area contributed by atoms with Gasteiger partial charge in [-0.05, 0) is 13.8 Å². The van der Waals surface area contributed by atoms with Gasteiger partial charge in [0.1, 0.15) is 0 Å². The van der Waals surface area contributed by atoms with Crippen LogP contribution in [-0.2, 0) is 29.3 Å². The van der Waals surface area contributed by atoms with E-state index in [4.69, 9.17) is 0 Å². The summed E-state index contributed by atoms with van der Waals surface area (Å²) in [5.41, 5.74) is -0.561. The largest absolute Gasteiger partial charge is 0.465 e. The van der Waals surface area contributed by atoms with Crippen molar-refractivity contribution < 1.29 is 27.5 Å². The number of hydrogen-bond donors (Lipinski definition) is 2. The zero-order chi connectivity index (χ0) is 14.3. The van der Waals surface area contributed by atoms with Gasteiger partial charge in [0.05, 0.1) is 14.2 Å². The van der Waals surface area contributed by atoms with Gasteiger partial charge >= 0.3 is 11.9 Å². The van der Waals surface area contributed by atoms with Crippen molar-refractivity contribution in [3.05, 3.63) is 11.8 Å². The van der Waals surface area contributed by atoms with Crippen LogP contribution < -0.4 is 9.44 Å². The molecule has 0 unspecified atom stereocenters. The number of methoxy groups -OCH3 is 2. The SMILES string of the molecule is COC(=O)C(=CNS(=O)(=O)NC(C)C)C(=O)OC. The Morgan fingerprint density at radius 3 is 1.89 bits per heavy atom. The minimum Gasteiger partial charge on any atom is -0.465 e. The summed E-state index contributed by atoms with van der Waals surface area (Å²) in [6.45, 7) is 3.23. The first-order chi connectivity index (χ1) is 8.23. The minimum absolute atomic E-state index is 0.337. The summed E-state index contributed by atoms with van der Waals surface area (Å²) in [7, 11) is -1.74. The predicted molar refractivity (Wildman–Crippen MR) is 62.4 cm³/mol. The van der Waals surface area contributed by atoms with Gasteiger partial charge in [-0.3, -0.25) is 4.72 Å². The van der Waals surface area contributed by atoms with Gasteiger partial charge in [-0.1, -0.05) is 0 Å². The molecule has 0 amide bonds. The Morgan fingerprint density at radius 2 is 1.56 bits per heavy atom. The second-order valence-corrected chi connectivity index (χ2v) is 4.91. The molecular formula is C9H16N2O6S. The molecule has 0 atom stereocenters. The van der Waals surface area contributed by atoms with Crippen LogP contribution in [0, 0.1) is 0 Å². The first kappa shape index (κ1) is 16.4. The number of nitrogens with one attached hydrogen (secondary N) is 2. The fourth-order valence-corrected chi connectivity index (χ4v) is 1.86. The highest BCUT2D eigenvalue weighted by Crippen LogP contribution is 1.99. The van der Waals surface area contributed by atoms with E-state index in [1.165, 1.54) is 0 Å². The molecule has 0 aliphatic heterocycles. The lowest BCUT2D eigenvalue weighted by Gasteiger charge is -2.09. The van der Waals surface area contributed by atoms with Crippen LogP contribution in [0.2, 0.25) is 0 Å². The van der Waals surface area contributed by atoms with Crippen molar-refractivity contribution in [2.24, 2.45) is 0 Å². The molecule has 0 aliphatic carbocycles. The molecule has 0 aromatic heterocycles. The van der Waals surface area contributed by atoms with Crippen LogP contribution in [-0.4, -0.2) is 40.6 Å². The Balaban J connectivity index is 5.00. The molecule has 0 fully saturated rings. The number of hydrogen-bond acceptors (Lipinski definition) is 6. The van der Waals surface area contributed by atoms with Crippen LogP contribution in [0.3, 0.4) is 0 Å². The van der Waals surface area contributed by atoms with Gasteiger partial charge in [0.2, 0.25) is 0 Å². The standard InChI is InChI=1S/C9H16N2O6S/c1-6(2)11-18(14,15)10-5-7(8(12)16-3)9(13)17-4/h5-6,10-11H,1-4H3. The van der Waals surface area contributed by atoms with E-state index in [0.29, 0.717) is 6.20 Å². The van der Waals surface area contributed by atoms with Crippen LogP contribution in [0.15, 0.2) is 11.8 Å². The summed E-state index contributed by atoms with van der Waals surface area (Å²) in [4.78, 5) is 22.4. The lowest BCUT2D eigenvalue weighted by atomic mass is 10.3. The molecule has 0 spiro atoms. The molecule has 0 aliphatic rings. The van der Waals surface area contributed by atoms with Crippen molar-refractivity contribution in [1.29, 1.82) is 0 Å². The Kier molecular flexibility index (Phi) is 6.34. The molecule has 0 bridgehead atoms. The number of rotatable bonds is 6. The molecular weight excluding hydrogens is 264 g/mol. The normalized spacial score (nSPS) is 10.7. The molecule has 18 heavy (non-hydrogen) atoms. The maximum absolute atomic E-state index is 11.4. The third-order valence-corrected chi connectivity index (χ3v) is 2.77. The highest BCUT2D eigenvalue weighted by atomic mass is 32.2. The van der Waals surface area contributed by atoms with Crippen molar-refractivity contribution in [3.8, 4) is 0 Å². The number of esters is 2. The minimum atomic E-state index is -3.85. The molecule has 104 valence electrons. The highest BCUT2D eigenvalue weighted by Gasteiger charge is 2.21. The van der Waals surface area contributed by atoms with Crippen molar-refractivity contribution in [1.82, 2.24) is 9.44 Å². The van der Waals surface area contributed by atoms with Gasteiger partial charge in [0.25, 0.3) is 10.2 Å². The molecule has 0 rings (SSSR count). The number of ether oxygens (including phenoxy) is 2. The summed E-state index contributed by atoms with van der Waals surface area (Å²) >= 11 is 0. The van der Waals surface area contributed by atoms with Crippen LogP contribution in [0.1, 0.15) is 13.8 Å². The van der Waals surface area contributed by atoms with E-state index in [1.807, 2.05) is 4.72 Å². The van der Waals surface area contributed by atoms with Crippen molar-refractivity contribution in [3.63, 3.8) is 0 Å².